The summed E-state index contributed by atoms with van der Waals surface area (Å²) in [5.41, 5.74) is 0.539. The maximum Gasteiger partial charge on any atom is 0.322 e. The Morgan fingerprint density at radius 3 is 2.67 bits per heavy atom. The van der Waals surface area contributed by atoms with Crippen molar-refractivity contribution in [2.45, 2.75) is 25.4 Å². The number of nitrogens with one attached hydrogen (secondary N) is 1. The minimum absolute atomic E-state index is 0.0355. The van der Waals surface area contributed by atoms with Crippen molar-refractivity contribution in [3.63, 3.8) is 0 Å². The zero-order chi connectivity index (χ0) is 17.3. The third kappa shape index (κ3) is 3.53. The smallest absolute Gasteiger partial charge is 0.318 e. The van der Waals surface area contributed by atoms with E-state index in [9.17, 15) is 13.2 Å². The molecule has 2 amide bonds. The van der Waals surface area contributed by atoms with Gasteiger partial charge in [-0.15, -0.1) is 0 Å². The number of benzene rings is 1. The third-order valence-electron chi connectivity index (χ3n) is 4.68. The van der Waals surface area contributed by atoms with Gasteiger partial charge in [0.2, 0.25) is 0 Å². The van der Waals surface area contributed by atoms with E-state index in [0.717, 1.165) is 13.0 Å². The summed E-state index contributed by atoms with van der Waals surface area (Å²) in [5, 5.41) is 3.27. The SMILES string of the molecule is CCCN1CCN(C(=O)Nc2ccccc2Cl)[C@@H]2CS(=O)(=O)C[C@@H]21. The molecule has 0 unspecified atom stereocenters. The largest absolute Gasteiger partial charge is 0.322 e. The lowest BCUT2D eigenvalue weighted by Crippen LogP contribution is -2.61. The number of rotatable bonds is 3. The van der Waals surface area contributed by atoms with Crippen molar-refractivity contribution in [3.8, 4) is 0 Å². The van der Waals surface area contributed by atoms with Crippen molar-refractivity contribution in [2.24, 2.45) is 0 Å². The Labute approximate surface area is 147 Å². The number of fused-ring (bicyclic) bond motifs is 1. The number of urea groups is 1. The molecule has 0 aliphatic carbocycles. The maximum atomic E-state index is 12.7. The van der Waals surface area contributed by atoms with Crippen LogP contribution in [-0.4, -0.2) is 67.5 Å². The van der Waals surface area contributed by atoms with Gasteiger partial charge in [0, 0.05) is 19.1 Å². The summed E-state index contributed by atoms with van der Waals surface area (Å²) in [7, 11) is -3.12. The molecule has 0 radical (unpaired) electrons. The van der Waals surface area contributed by atoms with Gasteiger partial charge >= 0.3 is 6.03 Å². The highest BCUT2D eigenvalue weighted by Crippen LogP contribution is 2.28. The number of sulfone groups is 1. The van der Waals surface area contributed by atoms with Gasteiger partial charge in [-0.2, -0.15) is 0 Å². The summed E-state index contributed by atoms with van der Waals surface area (Å²) in [5.74, 6) is 0.168. The fourth-order valence-corrected chi connectivity index (χ4v) is 5.79. The van der Waals surface area contributed by atoms with Crippen LogP contribution in [-0.2, 0) is 9.84 Å². The monoisotopic (exact) mass is 371 g/mol. The fourth-order valence-electron chi connectivity index (χ4n) is 3.59. The molecule has 1 aromatic rings. The van der Waals surface area contributed by atoms with Crippen LogP contribution in [0.15, 0.2) is 24.3 Å². The highest BCUT2D eigenvalue weighted by Gasteiger charge is 2.47. The van der Waals surface area contributed by atoms with Gasteiger partial charge in [0.25, 0.3) is 0 Å². The predicted octanol–water partition coefficient (Wildman–Crippen LogP) is 2.07. The van der Waals surface area contributed by atoms with Crippen molar-refractivity contribution in [2.75, 3.05) is 36.5 Å². The van der Waals surface area contributed by atoms with Gasteiger partial charge in [-0.05, 0) is 25.1 Å². The summed E-state index contributed by atoms with van der Waals surface area (Å²) >= 11 is 6.09. The molecule has 2 fully saturated rings. The number of amides is 2. The first kappa shape index (κ1) is 17.5. The van der Waals surface area contributed by atoms with Gasteiger partial charge in [-0.3, -0.25) is 4.90 Å². The van der Waals surface area contributed by atoms with Crippen LogP contribution in [0.1, 0.15) is 13.3 Å². The van der Waals surface area contributed by atoms with Gasteiger partial charge in [0.05, 0.1) is 28.3 Å². The predicted molar refractivity (Wildman–Crippen MR) is 95.3 cm³/mol. The molecule has 2 aliphatic rings. The van der Waals surface area contributed by atoms with E-state index in [0.29, 0.717) is 23.8 Å². The lowest BCUT2D eigenvalue weighted by atomic mass is 10.0. The van der Waals surface area contributed by atoms with Crippen LogP contribution in [0.5, 0.6) is 0 Å². The second kappa shape index (κ2) is 6.90. The van der Waals surface area contributed by atoms with E-state index >= 15 is 0 Å². The summed E-state index contributed by atoms with van der Waals surface area (Å²) in [6, 6.07) is 6.34. The number of anilines is 1. The van der Waals surface area contributed by atoms with Gasteiger partial charge < -0.3 is 10.2 Å². The molecule has 2 aliphatic heterocycles. The van der Waals surface area contributed by atoms with Crippen molar-refractivity contribution in [3.05, 3.63) is 29.3 Å². The molecule has 1 N–H and O–H groups in total. The second-order valence-electron chi connectivity index (χ2n) is 6.35. The Hall–Kier alpha value is -1.31. The normalized spacial score (nSPS) is 26.2. The molecular weight excluding hydrogens is 350 g/mol. The highest BCUT2D eigenvalue weighted by atomic mass is 35.5. The molecule has 0 saturated carbocycles. The number of piperazine rings is 1. The van der Waals surface area contributed by atoms with Crippen molar-refractivity contribution >= 4 is 33.2 Å². The Morgan fingerprint density at radius 2 is 1.96 bits per heavy atom. The summed E-state index contributed by atoms with van der Waals surface area (Å²) in [6.45, 7) is 4.15. The average Bonchev–Trinajstić information content (AvgIpc) is 2.85. The Bertz CT molecular complexity index is 725. The number of nitrogens with zero attached hydrogens (tertiary/aromatic N) is 2. The summed E-state index contributed by atoms with van der Waals surface area (Å²) in [6.07, 6.45) is 0.967. The average molecular weight is 372 g/mol. The first-order valence-electron chi connectivity index (χ1n) is 8.18. The lowest BCUT2D eigenvalue weighted by molar-refractivity contribution is 0.0706. The first-order chi connectivity index (χ1) is 11.4. The minimum Gasteiger partial charge on any atom is -0.318 e. The van der Waals surface area contributed by atoms with E-state index in [1.165, 1.54) is 0 Å². The molecule has 8 heteroatoms. The van der Waals surface area contributed by atoms with E-state index in [2.05, 4.69) is 17.1 Å². The number of para-hydroxylation sites is 1. The number of hydrogen-bond donors (Lipinski definition) is 1. The van der Waals surface area contributed by atoms with E-state index in [1.807, 2.05) is 0 Å². The minimum atomic E-state index is -3.12. The highest BCUT2D eigenvalue weighted by molar-refractivity contribution is 7.91. The number of hydrogen-bond acceptors (Lipinski definition) is 4. The van der Waals surface area contributed by atoms with Crippen LogP contribution in [0.3, 0.4) is 0 Å². The van der Waals surface area contributed by atoms with E-state index in [1.54, 1.807) is 29.2 Å². The van der Waals surface area contributed by atoms with Crippen LogP contribution in [0.2, 0.25) is 5.02 Å². The molecule has 0 aromatic heterocycles. The Kier molecular flexibility index (Phi) is 5.03. The maximum absolute atomic E-state index is 12.7. The molecule has 2 atom stereocenters. The number of carbonyl (C=O) groups is 1. The molecule has 6 nitrogen and oxygen atoms in total. The first-order valence-corrected chi connectivity index (χ1v) is 10.4. The van der Waals surface area contributed by atoms with Gasteiger partial charge in [0.1, 0.15) is 0 Å². The second-order valence-corrected chi connectivity index (χ2v) is 8.91. The quantitative estimate of drug-likeness (QED) is 0.883. The number of carbonyl (C=O) groups excluding carboxylic acids is 1. The standard InChI is InChI=1S/C16H22ClN3O3S/c1-2-7-19-8-9-20(15-11-24(22,23)10-14(15)19)16(21)18-13-6-4-3-5-12(13)17/h3-6,14-15H,2,7-11H2,1H3,(H,18,21)/t14-,15+/m0/s1. The zero-order valence-corrected chi connectivity index (χ0v) is 15.2. The Morgan fingerprint density at radius 1 is 1.25 bits per heavy atom. The molecule has 2 saturated heterocycles. The van der Waals surface area contributed by atoms with Gasteiger partial charge in [-0.25, -0.2) is 13.2 Å². The van der Waals surface area contributed by atoms with Crippen LogP contribution < -0.4 is 5.32 Å². The van der Waals surface area contributed by atoms with Crippen LogP contribution in [0, 0.1) is 0 Å². The Balaban J connectivity index is 1.78. The van der Waals surface area contributed by atoms with E-state index in [-0.39, 0.29) is 29.6 Å². The molecule has 132 valence electrons. The molecule has 2 heterocycles. The van der Waals surface area contributed by atoms with Gasteiger partial charge in [0.15, 0.2) is 9.84 Å². The molecular formula is C16H22ClN3O3S. The fraction of sp³-hybridized carbons (Fsp3) is 0.562. The lowest BCUT2D eigenvalue weighted by Gasteiger charge is -2.43. The molecule has 0 spiro atoms. The zero-order valence-electron chi connectivity index (χ0n) is 13.6. The third-order valence-corrected chi connectivity index (χ3v) is 6.71. The van der Waals surface area contributed by atoms with Crippen molar-refractivity contribution in [1.29, 1.82) is 0 Å². The van der Waals surface area contributed by atoms with E-state index in [4.69, 9.17) is 11.6 Å². The van der Waals surface area contributed by atoms with Crippen LogP contribution >= 0.6 is 11.6 Å². The number of halogens is 1. The summed E-state index contributed by atoms with van der Waals surface area (Å²) in [4.78, 5) is 16.5. The topological polar surface area (TPSA) is 69.7 Å². The van der Waals surface area contributed by atoms with Gasteiger partial charge in [-0.1, -0.05) is 30.7 Å². The molecule has 1 aromatic carbocycles. The molecule has 3 rings (SSSR count). The summed E-state index contributed by atoms with van der Waals surface area (Å²) < 4.78 is 24.2. The molecule has 24 heavy (non-hydrogen) atoms. The van der Waals surface area contributed by atoms with Crippen molar-refractivity contribution < 1.29 is 13.2 Å². The molecule has 0 bridgehead atoms. The van der Waals surface area contributed by atoms with E-state index < -0.39 is 9.84 Å². The van der Waals surface area contributed by atoms with Crippen LogP contribution in [0.4, 0.5) is 10.5 Å². The van der Waals surface area contributed by atoms with Crippen molar-refractivity contribution in [1.82, 2.24) is 9.80 Å². The van der Waals surface area contributed by atoms with Crippen LogP contribution in [0.25, 0.3) is 0 Å².